The Morgan fingerprint density at radius 3 is 2.71 bits per heavy atom. The van der Waals surface area contributed by atoms with E-state index in [2.05, 4.69) is 0 Å². The zero-order valence-electron chi connectivity index (χ0n) is 14.1. The van der Waals surface area contributed by atoms with Gasteiger partial charge in [-0.25, -0.2) is 0 Å². The van der Waals surface area contributed by atoms with Crippen molar-refractivity contribution in [2.24, 2.45) is 5.92 Å². The number of methoxy groups -OCH3 is 1. The summed E-state index contributed by atoms with van der Waals surface area (Å²) in [4.78, 5) is 11.3. The van der Waals surface area contributed by atoms with E-state index in [0.29, 0.717) is 30.6 Å². The Kier molecular flexibility index (Phi) is 4.90. The van der Waals surface area contributed by atoms with E-state index in [1.54, 1.807) is 19.4 Å². The lowest BCUT2D eigenvalue weighted by Crippen LogP contribution is -2.14. The minimum Gasteiger partial charge on any atom is -0.493 e. The van der Waals surface area contributed by atoms with Gasteiger partial charge in [0.05, 0.1) is 26.4 Å². The van der Waals surface area contributed by atoms with Crippen LogP contribution in [0.1, 0.15) is 30.2 Å². The maximum Gasteiger partial charge on any atom is 0.181 e. The lowest BCUT2D eigenvalue weighted by Gasteiger charge is -2.18. The van der Waals surface area contributed by atoms with E-state index in [1.165, 1.54) is 18.9 Å². The molecule has 2 aromatic rings. The zero-order chi connectivity index (χ0) is 17.1. The lowest BCUT2D eigenvalue weighted by molar-refractivity contribution is 0.154. The lowest BCUT2D eigenvalue weighted by atomic mass is 10.1. The molecule has 0 amide bonds. The number of nitrogens with zero attached hydrogens (tertiary/aromatic N) is 1. The first-order chi connectivity index (χ1) is 11.6. The van der Waals surface area contributed by atoms with E-state index >= 15 is 0 Å². The normalized spacial score (nSPS) is 15.1. The minimum atomic E-state index is -0.694. The molecule has 1 aliphatic rings. The molecule has 1 aromatic heterocycles. The Hall–Kier alpha value is -2.27. The first-order valence-corrected chi connectivity index (χ1v) is 8.22. The van der Waals surface area contributed by atoms with E-state index in [4.69, 9.17) is 9.47 Å². The van der Waals surface area contributed by atoms with Gasteiger partial charge in [-0.15, -0.1) is 0 Å². The molecule has 5 heteroatoms. The van der Waals surface area contributed by atoms with E-state index < -0.39 is 6.10 Å². The standard InChI is InChI=1S/C19H23NO4/c1-13-9-16(21)7-8-20(13)11-17(22)15-5-6-18(23-2)19(10-15)24-12-14-3-4-14/h5-10,14,17,22H,3-4,11-12H2,1-2H3. The second-order valence-electron chi connectivity index (χ2n) is 6.34. The monoisotopic (exact) mass is 329 g/mol. The topological polar surface area (TPSA) is 60.7 Å². The van der Waals surface area contributed by atoms with Gasteiger partial charge in [0.15, 0.2) is 16.9 Å². The van der Waals surface area contributed by atoms with E-state index in [0.717, 1.165) is 11.3 Å². The van der Waals surface area contributed by atoms with E-state index in [-0.39, 0.29) is 5.43 Å². The smallest absolute Gasteiger partial charge is 0.181 e. The van der Waals surface area contributed by atoms with Gasteiger partial charge < -0.3 is 19.1 Å². The van der Waals surface area contributed by atoms with Crippen molar-refractivity contribution in [3.8, 4) is 11.5 Å². The van der Waals surface area contributed by atoms with Crippen molar-refractivity contribution in [3.63, 3.8) is 0 Å². The molecule has 0 saturated heterocycles. The molecule has 1 atom stereocenters. The third-order valence-corrected chi connectivity index (χ3v) is 4.34. The molecule has 24 heavy (non-hydrogen) atoms. The van der Waals surface area contributed by atoms with E-state index in [1.807, 2.05) is 29.7 Å². The van der Waals surface area contributed by atoms with Crippen LogP contribution in [0, 0.1) is 12.8 Å². The van der Waals surface area contributed by atoms with Gasteiger partial charge in [-0.05, 0) is 43.4 Å². The fourth-order valence-electron chi connectivity index (χ4n) is 2.62. The summed E-state index contributed by atoms with van der Waals surface area (Å²) in [7, 11) is 1.61. The maximum absolute atomic E-state index is 11.3. The van der Waals surface area contributed by atoms with Crippen molar-refractivity contribution >= 4 is 0 Å². The molecule has 1 heterocycles. The quantitative estimate of drug-likeness (QED) is 0.848. The van der Waals surface area contributed by atoms with Crippen molar-refractivity contribution in [2.45, 2.75) is 32.4 Å². The van der Waals surface area contributed by atoms with Crippen LogP contribution >= 0.6 is 0 Å². The van der Waals surface area contributed by atoms with Crippen LogP contribution in [-0.2, 0) is 6.54 Å². The van der Waals surface area contributed by atoms with Gasteiger partial charge in [0.25, 0.3) is 0 Å². The molecule has 1 N–H and O–H groups in total. The zero-order valence-corrected chi connectivity index (χ0v) is 14.1. The molecule has 1 aromatic carbocycles. The Morgan fingerprint density at radius 2 is 2.04 bits per heavy atom. The average Bonchev–Trinajstić information content (AvgIpc) is 3.39. The van der Waals surface area contributed by atoms with Gasteiger partial charge in [0, 0.05) is 24.0 Å². The fourth-order valence-corrected chi connectivity index (χ4v) is 2.62. The van der Waals surface area contributed by atoms with Crippen LogP contribution in [0.4, 0.5) is 0 Å². The van der Waals surface area contributed by atoms with Gasteiger partial charge in [0.2, 0.25) is 0 Å². The van der Waals surface area contributed by atoms with Crippen LogP contribution in [0.25, 0.3) is 0 Å². The first-order valence-electron chi connectivity index (χ1n) is 8.22. The molecule has 0 radical (unpaired) electrons. The number of ether oxygens (including phenoxy) is 2. The van der Waals surface area contributed by atoms with Crippen LogP contribution in [0.3, 0.4) is 0 Å². The summed E-state index contributed by atoms with van der Waals surface area (Å²) in [6.07, 6.45) is 3.45. The van der Waals surface area contributed by atoms with Gasteiger partial charge in [-0.2, -0.15) is 0 Å². The second kappa shape index (κ2) is 7.09. The molecule has 0 spiro atoms. The third-order valence-electron chi connectivity index (χ3n) is 4.34. The predicted molar refractivity (Wildman–Crippen MR) is 91.6 cm³/mol. The van der Waals surface area contributed by atoms with Crippen LogP contribution in [0.15, 0.2) is 41.3 Å². The van der Waals surface area contributed by atoms with Gasteiger partial charge in [0.1, 0.15) is 0 Å². The van der Waals surface area contributed by atoms with Gasteiger partial charge >= 0.3 is 0 Å². The Bertz CT molecular complexity index is 764. The highest BCUT2D eigenvalue weighted by Crippen LogP contribution is 2.34. The molecule has 1 fully saturated rings. The summed E-state index contributed by atoms with van der Waals surface area (Å²) in [6, 6.07) is 8.55. The van der Waals surface area contributed by atoms with Crippen LogP contribution < -0.4 is 14.9 Å². The van der Waals surface area contributed by atoms with Gasteiger partial charge in [-0.1, -0.05) is 6.07 Å². The van der Waals surface area contributed by atoms with Crippen LogP contribution in [0.5, 0.6) is 11.5 Å². The van der Waals surface area contributed by atoms with Crippen molar-refractivity contribution in [2.75, 3.05) is 13.7 Å². The van der Waals surface area contributed by atoms with Crippen LogP contribution in [0.2, 0.25) is 0 Å². The Labute approximate surface area is 141 Å². The summed E-state index contributed by atoms with van der Waals surface area (Å²) in [5, 5.41) is 10.6. The van der Waals surface area contributed by atoms with E-state index in [9.17, 15) is 9.90 Å². The van der Waals surface area contributed by atoms with Crippen molar-refractivity contribution in [3.05, 3.63) is 58.0 Å². The highest BCUT2D eigenvalue weighted by Gasteiger charge is 2.23. The number of hydrogen-bond donors (Lipinski definition) is 1. The SMILES string of the molecule is COc1ccc(C(O)Cn2ccc(=O)cc2C)cc1OCC1CC1. The summed E-state index contributed by atoms with van der Waals surface area (Å²) in [5.74, 6) is 1.98. The van der Waals surface area contributed by atoms with Gasteiger partial charge in [-0.3, -0.25) is 4.79 Å². The maximum atomic E-state index is 11.3. The summed E-state index contributed by atoms with van der Waals surface area (Å²) < 4.78 is 13.0. The molecule has 1 saturated carbocycles. The molecule has 128 valence electrons. The number of benzene rings is 1. The third kappa shape index (κ3) is 3.97. The molecule has 0 bridgehead atoms. The number of pyridine rings is 1. The fraction of sp³-hybridized carbons (Fsp3) is 0.421. The minimum absolute atomic E-state index is 0.0292. The Balaban J connectivity index is 1.76. The summed E-state index contributed by atoms with van der Waals surface area (Å²) in [6.45, 7) is 2.92. The second-order valence-corrected chi connectivity index (χ2v) is 6.34. The Morgan fingerprint density at radius 1 is 1.25 bits per heavy atom. The first kappa shape index (κ1) is 16.6. The molecular weight excluding hydrogens is 306 g/mol. The molecule has 1 aliphatic carbocycles. The number of rotatable bonds is 7. The predicted octanol–water partition coefficient (Wildman–Crippen LogP) is 2.69. The summed E-state index contributed by atoms with van der Waals surface area (Å²) >= 11 is 0. The van der Waals surface area contributed by atoms with Crippen molar-refractivity contribution in [1.82, 2.24) is 4.57 Å². The summed E-state index contributed by atoms with van der Waals surface area (Å²) in [5.41, 5.74) is 1.55. The molecule has 5 nitrogen and oxygen atoms in total. The number of aryl methyl sites for hydroxylation is 1. The highest BCUT2D eigenvalue weighted by atomic mass is 16.5. The van der Waals surface area contributed by atoms with Crippen molar-refractivity contribution < 1.29 is 14.6 Å². The van der Waals surface area contributed by atoms with Crippen LogP contribution in [-0.4, -0.2) is 23.4 Å². The molecule has 3 rings (SSSR count). The number of aromatic nitrogens is 1. The number of aliphatic hydroxyl groups is 1. The number of hydrogen-bond acceptors (Lipinski definition) is 4. The highest BCUT2D eigenvalue weighted by molar-refractivity contribution is 5.43. The molecular formula is C19H23NO4. The number of aliphatic hydroxyl groups excluding tert-OH is 1. The van der Waals surface area contributed by atoms with Crippen molar-refractivity contribution in [1.29, 1.82) is 0 Å². The molecule has 0 aliphatic heterocycles. The molecule has 1 unspecified atom stereocenters. The largest absolute Gasteiger partial charge is 0.493 e. The average molecular weight is 329 g/mol.